The van der Waals surface area contributed by atoms with Crippen molar-refractivity contribution < 1.29 is 5.11 Å². The summed E-state index contributed by atoms with van der Waals surface area (Å²) in [6.45, 7) is 8.81. The SMILES string of the molecule is CCN(CCCCC(C)(N)CO)CCCN(C)C. The molecule has 4 nitrogen and oxygen atoms in total. The summed E-state index contributed by atoms with van der Waals surface area (Å²) >= 11 is 0. The lowest BCUT2D eigenvalue weighted by Gasteiger charge is -2.24. The Labute approximate surface area is 113 Å². The number of unbranched alkanes of at least 4 members (excludes halogenated alkanes) is 1. The highest BCUT2D eigenvalue weighted by molar-refractivity contribution is 4.76. The van der Waals surface area contributed by atoms with Crippen molar-refractivity contribution in [1.29, 1.82) is 0 Å². The van der Waals surface area contributed by atoms with Crippen LogP contribution in [0.2, 0.25) is 0 Å². The van der Waals surface area contributed by atoms with Gasteiger partial charge in [-0.15, -0.1) is 0 Å². The molecule has 0 heterocycles. The van der Waals surface area contributed by atoms with Crippen molar-refractivity contribution >= 4 is 0 Å². The molecule has 0 rings (SSSR count). The summed E-state index contributed by atoms with van der Waals surface area (Å²) in [7, 11) is 4.24. The summed E-state index contributed by atoms with van der Waals surface area (Å²) in [4.78, 5) is 4.73. The molecule has 0 saturated heterocycles. The molecule has 18 heavy (non-hydrogen) atoms. The Morgan fingerprint density at radius 3 is 2.17 bits per heavy atom. The molecule has 0 aromatic carbocycles. The molecule has 0 fully saturated rings. The minimum absolute atomic E-state index is 0.0767. The van der Waals surface area contributed by atoms with Crippen LogP contribution >= 0.6 is 0 Å². The summed E-state index contributed by atoms with van der Waals surface area (Å²) in [5, 5.41) is 9.08. The molecule has 0 aliphatic heterocycles. The van der Waals surface area contributed by atoms with Gasteiger partial charge in [0, 0.05) is 5.54 Å². The minimum Gasteiger partial charge on any atom is -0.394 e. The molecule has 0 spiro atoms. The van der Waals surface area contributed by atoms with E-state index >= 15 is 0 Å². The Morgan fingerprint density at radius 2 is 1.67 bits per heavy atom. The first kappa shape index (κ1) is 17.8. The van der Waals surface area contributed by atoms with Crippen LogP contribution in [0.25, 0.3) is 0 Å². The van der Waals surface area contributed by atoms with Crippen molar-refractivity contribution in [3.05, 3.63) is 0 Å². The van der Waals surface area contributed by atoms with Crippen molar-refractivity contribution in [2.24, 2.45) is 5.73 Å². The highest BCUT2D eigenvalue weighted by Gasteiger charge is 2.15. The molecule has 4 heteroatoms. The molecule has 110 valence electrons. The van der Waals surface area contributed by atoms with Crippen LogP contribution in [0.5, 0.6) is 0 Å². The molecule has 3 N–H and O–H groups in total. The molecule has 0 bridgehead atoms. The van der Waals surface area contributed by atoms with Crippen molar-refractivity contribution in [1.82, 2.24) is 9.80 Å². The van der Waals surface area contributed by atoms with Gasteiger partial charge >= 0.3 is 0 Å². The first-order valence-corrected chi connectivity index (χ1v) is 7.18. The molecule has 0 aliphatic rings. The van der Waals surface area contributed by atoms with Gasteiger partial charge in [0.25, 0.3) is 0 Å². The van der Waals surface area contributed by atoms with Gasteiger partial charge < -0.3 is 20.6 Å². The summed E-state index contributed by atoms with van der Waals surface area (Å²) in [6.07, 6.45) is 4.39. The molecule has 0 amide bonds. The molecule has 0 saturated carbocycles. The van der Waals surface area contributed by atoms with Crippen molar-refractivity contribution in [3.63, 3.8) is 0 Å². The van der Waals surface area contributed by atoms with Crippen LogP contribution in [-0.2, 0) is 0 Å². The van der Waals surface area contributed by atoms with Crippen LogP contribution in [0.4, 0.5) is 0 Å². The topological polar surface area (TPSA) is 52.7 Å². The van der Waals surface area contributed by atoms with Crippen molar-refractivity contribution in [2.45, 2.75) is 45.1 Å². The van der Waals surface area contributed by atoms with Gasteiger partial charge in [-0.2, -0.15) is 0 Å². The smallest absolute Gasteiger partial charge is 0.0608 e. The molecule has 0 radical (unpaired) electrons. The fourth-order valence-electron chi connectivity index (χ4n) is 1.98. The Hall–Kier alpha value is -0.160. The zero-order valence-corrected chi connectivity index (χ0v) is 12.8. The minimum atomic E-state index is -0.401. The normalized spacial score (nSPS) is 15.3. The Balaban J connectivity index is 3.61. The van der Waals surface area contributed by atoms with Crippen LogP contribution in [-0.4, -0.2) is 67.3 Å². The number of hydrogen-bond donors (Lipinski definition) is 2. The second kappa shape index (κ2) is 9.73. The predicted molar refractivity (Wildman–Crippen MR) is 78.8 cm³/mol. The molecular weight excluding hydrogens is 226 g/mol. The summed E-state index contributed by atoms with van der Waals surface area (Å²) in [6, 6.07) is 0. The predicted octanol–water partition coefficient (Wildman–Crippen LogP) is 1.14. The second-order valence-corrected chi connectivity index (χ2v) is 5.86. The molecule has 0 aliphatic carbocycles. The van der Waals surface area contributed by atoms with Gasteiger partial charge in [-0.05, 0) is 66.5 Å². The second-order valence-electron chi connectivity index (χ2n) is 5.86. The Bertz CT molecular complexity index is 195. The molecule has 0 aromatic rings. The van der Waals surface area contributed by atoms with Gasteiger partial charge in [-0.3, -0.25) is 0 Å². The molecule has 1 atom stereocenters. The van der Waals surface area contributed by atoms with E-state index in [1.165, 1.54) is 19.4 Å². The third-order valence-electron chi connectivity index (χ3n) is 3.36. The van der Waals surface area contributed by atoms with Crippen LogP contribution in [0.15, 0.2) is 0 Å². The monoisotopic (exact) mass is 259 g/mol. The maximum absolute atomic E-state index is 9.08. The standard InChI is InChI=1S/C14H33N3O/c1-5-17(12-8-10-16(3)4)11-7-6-9-14(2,15)13-18/h18H,5-13,15H2,1-4H3. The van der Waals surface area contributed by atoms with Gasteiger partial charge in [-0.25, -0.2) is 0 Å². The average Bonchev–Trinajstić information content (AvgIpc) is 2.31. The largest absolute Gasteiger partial charge is 0.394 e. The number of nitrogens with two attached hydrogens (primary N) is 1. The fraction of sp³-hybridized carbons (Fsp3) is 1.00. The lowest BCUT2D eigenvalue weighted by atomic mass is 9.97. The lowest BCUT2D eigenvalue weighted by Crippen LogP contribution is -2.40. The van der Waals surface area contributed by atoms with Crippen LogP contribution in [0.3, 0.4) is 0 Å². The van der Waals surface area contributed by atoms with E-state index in [1.54, 1.807) is 0 Å². The van der Waals surface area contributed by atoms with Gasteiger partial charge in [0.15, 0.2) is 0 Å². The van der Waals surface area contributed by atoms with Crippen molar-refractivity contribution in [3.8, 4) is 0 Å². The first-order valence-electron chi connectivity index (χ1n) is 7.18. The van der Waals surface area contributed by atoms with E-state index in [-0.39, 0.29) is 6.61 Å². The molecule has 0 aromatic heterocycles. The van der Waals surface area contributed by atoms with E-state index in [0.717, 1.165) is 32.5 Å². The number of nitrogens with zero attached hydrogens (tertiary/aromatic N) is 2. The molecule has 1 unspecified atom stereocenters. The number of aliphatic hydroxyl groups is 1. The molecular formula is C14H33N3O. The number of hydrogen-bond acceptors (Lipinski definition) is 4. The zero-order chi connectivity index (χ0) is 14.0. The highest BCUT2D eigenvalue weighted by Crippen LogP contribution is 2.10. The van der Waals surface area contributed by atoms with E-state index in [4.69, 9.17) is 10.8 Å². The first-order chi connectivity index (χ1) is 8.41. The summed E-state index contributed by atoms with van der Waals surface area (Å²) in [5.41, 5.74) is 5.51. The third kappa shape index (κ3) is 9.83. The van der Waals surface area contributed by atoms with Crippen LogP contribution in [0.1, 0.15) is 39.5 Å². The van der Waals surface area contributed by atoms with Gasteiger partial charge in [0.1, 0.15) is 0 Å². The van der Waals surface area contributed by atoms with Crippen LogP contribution in [0, 0.1) is 0 Å². The van der Waals surface area contributed by atoms with Crippen molar-refractivity contribution in [2.75, 3.05) is 46.9 Å². The summed E-state index contributed by atoms with van der Waals surface area (Å²) in [5.74, 6) is 0. The van der Waals surface area contributed by atoms with Gasteiger partial charge in [0.05, 0.1) is 6.61 Å². The van der Waals surface area contributed by atoms with E-state index in [2.05, 4.69) is 30.8 Å². The Kier molecular flexibility index (Phi) is 9.64. The maximum atomic E-state index is 9.08. The van der Waals surface area contributed by atoms with E-state index in [9.17, 15) is 0 Å². The highest BCUT2D eigenvalue weighted by atomic mass is 16.3. The van der Waals surface area contributed by atoms with E-state index < -0.39 is 5.54 Å². The Morgan fingerprint density at radius 1 is 1.06 bits per heavy atom. The number of rotatable bonds is 11. The van der Waals surface area contributed by atoms with Gasteiger partial charge in [0.2, 0.25) is 0 Å². The average molecular weight is 259 g/mol. The number of aliphatic hydroxyl groups excluding tert-OH is 1. The fourth-order valence-corrected chi connectivity index (χ4v) is 1.98. The van der Waals surface area contributed by atoms with E-state index in [0.29, 0.717) is 0 Å². The zero-order valence-electron chi connectivity index (χ0n) is 12.8. The van der Waals surface area contributed by atoms with Gasteiger partial charge in [-0.1, -0.05) is 13.3 Å². The summed E-state index contributed by atoms with van der Waals surface area (Å²) < 4.78 is 0. The maximum Gasteiger partial charge on any atom is 0.0608 e. The lowest BCUT2D eigenvalue weighted by molar-refractivity contribution is 0.193. The quantitative estimate of drug-likeness (QED) is 0.546. The van der Waals surface area contributed by atoms with E-state index in [1.807, 2.05) is 6.92 Å². The van der Waals surface area contributed by atoms with Crippen LogP contribution < -0.4 is 5.73 Å². The third-order valence-corrected chi connectivity index (χ3v) is 3.36.